The number of carboxylic acid groups (broad SMARTS) is 1. The number of rotatable bonds is 12. The first-order valence-electron chi connectivity index (χ1n) is 8.88. The minimum absolute atomic E-state index is 0.0161. The molecule has 0 aliphatic carbocycles. The highest BCUT2D eigenvalue weighted by Gasteiger charge is 2.31. The van der Waals surface area contributed by atoms with Crippen molar-refractivity contribution in [2.75, 3.05) is 13.1 Å². The number of carbonyl (C=O) groups excluding carboxylic acids is 1. The molecule has 0 saturated heterocycles. The summed E-state index contributed by atoms with van der Waals surface area (Å²) in [5.74, 6) is -1.93. The highest BCUT2D eigenvalue weighted by Crippen LogP contribution is 2.25. The van der Waals surface area contributed by atoms with Crippen molar-refractivity contribution in [3.63, 3.8) is 0 Å². The van der Waals surface area contributed by atoms with Gasteiger partial charge in [0.2, 0.25) is 5.91 Å². The molecule has 0 aromatic heterocycles. The van der Waals surface area contributed by atoms with Crippen LogP contribution in [0, 0.1) is 5.92 Å². The molecule has 1 aromatic carbocycles. The number of aliphatic carboxylic acids is 1. The zero-order chi connectivity index (χ0) is 17.8. The molecule has 5 heteroatoms. The van der Waals surface area contributed by atoms with E-state index in [1.807, 2.05) is 30.3 Å². The van der Waals surface area contributed by atoms with Crippen LogP contribution in [0.1, 0.15) is 57.6 Å². The van der Waals surface area contributed by atoms with Gasteiger partial charge in [0.1, 0.15) is 0 Å². The minimum atomic E-state index is -0.946. The molecule has 0 saturated carbocycles. The van der Waals surface area contributed by atoms with Gasteiger partial charge in [0.05, 0.1) is 5.92 Å². The van der Waals surface area contributed by atoms with Gasteiger partial charge in [-0.15, -0.1) is 0 Å². The number of unbranched alkanes of at least 4 members (excludes halogenated alkanes) is 2. The fourth-order valence-electron chi connectivity index (χ4n) is 2.61. The van der Waals surface area contributed by atoms with Crippen LogP contribution in [0.2, 0.25) is 0 Å². The van der Waals surface area contributed by atoms with Gasteiger partial charge in [-0.2, -0.15) is 0 Å². The van der Waals surface area contributed by atoms with Gasteiger partial charge in [-0.3, -0.25) is 9.59 Å². The molecule has 2 unspecified atom stereocenters. The summed E-state index contributed by atoms with van der Waals surface area (Å²) in [5.41, 5.74) is 0.905. The number of benzene rings is 1. The molecule has 2 atom stereocenters. The largest absolute Gasteiger partial charge is 0.481 e. The van der Waals surface area contributed by atoms with E-state index < -0.39 is 11.9 Å². The summed E-state index contributed by atoms with van der Waals surface area (Å²) < 4.78 is 0. The number of nitrogens with one attached hydrogen (secondary N) is 2. The van der Waals surface area contributed by atoms with E-state index in [4.69, 9.17) is 0 Å². The molecule has 1 rings (SSSR count). The van der Waals surface area contributed by atoms with Crippen molar-refractivity contribution in [2.24, 2.45) is 5.92 Å². The molecule has 0 aliphatic heterocycles. The van der Waals surface area contributed by atoms with Crippen LogP contribution in [0.3, 0.4) is 0 Å². The molecular weight excluding hydrogens is 304 g/mol. The third-order valence-corrected chi connectivity index (χ3v) is 4.03. The first-order chi connectivity index (χ1) is 11.6. The quantitative estimate of drug-likeness (QED) is 0.513. The molecular formula is C19H30N2O3. The lowest BCUT2D eigenvalue weighted by molar-refractivity contribution is -0.145. The first-order valence-corrected chi connectivity index (χ1v) is 8.88. The molecule has 134 valence electrons. The van der Waals surface area contributed by atoms with Crippen LogP contribution in [0.15, 0.2) is 30.3 Å². The van der Waals surface area contributed by atoms with Crippen molar-refractivity contribution in [3.8, 4) is 0 Å². The Kier molecular flexibility index (Phi) is 9.77. The van der Waals surface area contributed by atoms with Gasteiger partial charge in [0, 0.05) is 19.0 Å². The third kappa shape index (κ3) is 7.13. The van der Waals surface area contributed by atoms with Crippen molar-refractivity contribution >= 4 is 11.9 Å². The van der Waals surface area contributed by atoms with E-state index in [9.17, 15) is 14.7 Å². The van der Waals surface area contributed by atoms with Crippen molar-refractivity contribution in [1.29, 1.82) is 0 Å². The lowest BCUT2D eigenvalue weighted by atomic mass is 9.89. The Morgan fingerprint density at radius 1 is 1.04 bits per heavy atom. The van der Waals surface area contributed by atoms with E-state index in [2.05, 4.69) is 24.5 Å². The zero-order valence-corrected chi connectivity index (χ0v) is 14.8. The minimum Gasteiger partial charge on any atom is -0.481 e. The molecule has 1 aromatic rings. The molecule has 0 radical (unpaired) electrons. The monoisotopic (exact) mass is 334 g/mol. The summed E-state index contributed by atoms with van der Waals surface area (Å²) in [4.78, 5) is 23.9. The number of carboxylic acids is 1. The van der Waals surface area contributed by atoms with E-state index >= 15 is 0 Å². The van der Waals surface area contributed by atoms with E-state index in [1.165, 1.54) is 0 Å². The molecule has 0 heterocycles. The number of amides is 1. The Morgan fingerprint density at radius 3 is 2.25 bits per heavy atom. The van der Waals surface area contributed by atoms with Crippen LogP contribution in [0.25, 0.3) is 0 Å². The third-order valence-electron chi connectivity index (χ3n) is 4.03. The Bertz CT molecular complexity index is 491. The second-order valence-corrected chi connectivity index (χ2v) is 6.05. The fraction of sp³-hybridized carbons (Fsp3) is 0.579. The first kappa shape index (κ1) is 20.2. The predicted molar refractivity (Wildman–Crippen MR) is 95.8 cm³/mol. The SMILES string of the molecule is CCCCNC(=O)CC(C(=O)O)C(NCCCC)c1ccccc1. The molecule has 3 N–H and O–H groups in total. The normalized spacial score (nSPS) is 13.2. The van der Waals surface area contributed by atoms with Crippen LogP contribution in [0.4, 0.5) is 0 Å². The molecule has 5 nitrogen and oxygen atoms in total. The van der Waals surface area contributed by atoms with Gasteiger partial charge >= 0.3 is 5.97 Å². The Balaban J connectivity index is 2.83. The van der Waals surface area contributed by atoms with Gasteiger partial charge in [-0.1, -0.05) is 57.0 Å². The van der Waals surface area contributed by atoms with Crippen molar-refractivity contribution in [1.82, 2.24) is 10.6 Å². The maximum absolute atomic E-state index is 12.1. The van der Waals surface area contributed by atoms with Gasteiger partial charge < -0.3 is 15.7 Å². The van der Waals surface area contributed by atoms with E-state index in [0.29, 0.717) is 6.54 Å². The molecule has 0 bridgehead atoms. The Morgan fingerprint density at radius 2 is 1.67 bits per heavy atom. The molecule has 24 heavy (non-hydrogen) atoms. The van der Waals surface area contributed by atoms with Crippen molar-refractivity contribution < 1.29 is 14.7 Å². The number of hydrogen-bond acceptors (Lipinski definition) is 3. The lowest BCUT2D eigenvalue weighted by Gasteiger charge is -2.25. The topological polar surface area (TPSA) is 78.4 Å². The molecule has 0 aliphatic rings. The van der Waals surface area contributed by atoms with Gasteiger partial charge in [0.15, 0.2) is 0 Å². The van der Waals surface area contributed by atoms with Gasteiger partial charge in [0.25, 0.3) is 0 Å². The van der Waals surface area contributed by atoms with E-state index in [-0.39, 0.29) is 18.4 Å². The standard InChI is InChI=1S/C19H30N2O3/c1-3-5-12-20-17(22)14-16(19(23)24)18(21-13-6-4-2)15-10-8-7-9-11-15/h7-11,16,18,21H,3-6,12-14H2,1-2H3,(H,20,22)(H,23,24). The highest BCUT2D eigenvalue weighted by molar-refractivity contribution is 5.82. The number of hydrogen-bond donors (Lipinski definition) is 3. The van der Waals surface area contributed by atoms with Gasteiger partial charge in [-0.25, -0.2) is 0 Å². The number of carbonyl (C=O) groups is 2. The Labute approximate surface area is 144 Å². The maximum atomic E-state index is 12.1. The summed E-state index contributed by atoms with van der Waals surface area (Å²) in [6, 6.07) is 9.14. The second kappa shape index (κ2) is 11.6. The lowest BCUT2D eigenvalue weighted by Crippen LogP contribution is -2.37. The summed E-state index contributed by atoms with van der Waals surface area (Å²) in [6.07, 6.45) is 3.88. The van der Waals surface area contributed by atoms with Crippen LogP contribution < -0.4 is 10.6 Å². The highest BCUT2D eigenvalue weighted by atomic mass is 16.4. The molecule has 1 amide bonds. The summed E-state index contributed by atoms with van der Waals surface area (Å²) in [6.45, 7) is 5.47. The van der Waals surface area contributed by atoms with Crippen molar-refractivity contribution in [3.05, 3.63) is 35.9 Å². The second-order valence-electron chi connectivity index (χ2n) is 6.05. The van der Waals surface area contributed by atoms with Crippen LogP contribution in [-0.4, -0.2) is 30.1 Å². The van der Waals surface area contributed by atoms with E-state index in [0.717, 1.165) is 37.8 Å². The average Bonchev–Trinajstić information content (AvgIpc) is 2.58. The Hall–Kier alpha value is -1.88. The summed E-state index contributed by atoms with van der Waals surface area (Å²) >= 11 is 0. The van der Waals surface area contributed by atoms with E-state index in [1.54, 1.807) is 0 Å². The predicted octanol–water partition coefficient (Wildman–Crippen LogP) is 3.12. The zero-order valence-electron chi connectivity index (χ0n) is 14.8. The average molecular weight is 334 g/mol. The maximum Gasteiger partial charge on any atom is 0.308 e. The summed E-state index contributed by atoms with van der Waals surface area (Å²) in [7, 11) is 0. The van der Waals surface area contributed by atoms with Gasteiger partial charge in [-0.05, 0) is 24.9 Å². The van der Waals surface area contributed by atoms with Crippen LogP contribution in [-0.2, 0) is 9.59 Å². The molecule has 0 spiro atoms. The molecule has 0 fully saturated rings. The van der Waals surface area contributed by atoms with Crippen LogP contribution >= 0.6 is 0 Å². The summed E-state index contributed by atoms with van der Waals surface area (Å²) in [5, 5.41) is 15.8. The smallest absolute Gasteiger partial charge is 0.308 e. The van der Waals surface area contributed by atoms with Crippen molar-refractivity contribution in [2.45, 2.75) is 52.0 Å². The fourth-order valence-corrected chi connectivity index (χ4v) is 2.61. The van der Waals surface area contributed by atoms with Crippen LogP contribution in [0.5, 0.6) is 0 Å².